The Kier molecular flexibility index (Phi) is 3.92. The SMILES string of the molecule is O=C1N=C(CSCc2ccccc2)N=C2C=CC=CC12. The van der Waals surface area contributed by atoms with E-state index in [2.05, 4.69) is 22.1 Å². The smallest absolute Gasteiger partial charge is 0.260 e. The van der Waals surface area contributed by atoms with Gasteiger partial charge in [-0.2, -0.15) is 4.99 Å². The number of allylic oxidation sites excluding steroid dienone is 3. The van der Waals surface area contributed by atoms with Gasteiger partial charge in [-0.05, 0) is 11.6 Å². The van der Waals surface area contributed by atoms with Crippen LogP contribution in [0.4, 0.5) is 0 Å². The highest BCUT2D eigenvalue weighted by Gasteiger charge is 2.25. The topological polar surface area (TPSA) is 41.8 Å². The van der Waals surface area contributed by atoms with Crippen molar-refractivity contribution in [1.29, 1.82) is 0 Å². The van der Waals surface area contributed by atoms with Crippen LogP contribution in [0.2, 0.25) is 0 Å². The molecule has 1 aromatic carbocycles. The molecule has 20 heavy (non-hydrogen) atoms. The molecule has 1 heterocycles. The Morgan fingerprint density at radius 2 is 1.90 bits per heavy atom. The van der Waals surface area contributed by atoms with Crippen LogP contribution in [0.25, 0.3) is 0 Å². The van der Waals surface area contributed by atoms with Gasteiger partial charge in [-0.3, -0.25) is 4.79 Å². The van der Waals surface area contributed by atoms with Gasteiger partial charge < -0.3 is 0 Å². The second kappa shape index (κ2) is 6.01. The van der Waals surface area contributed by atoms with Crippen LogP contribution in [0.15, 0.2) is 64.6 Å². The number of benzene rings is 1. The van der Waals surface area contributed by atoms with Gasteiger partial charge in [-0.25, -0.2) is 4.99 Å². The van der Waals surface area contributed by atoms with Gasteiger partial charge >= 0.3 is 0 Å². The van der Waals surface area contributed by atoms with Gasteiger partial charge in [0.2, 0.25) is 0 Å². The van der Waals surface area contributed by atoms with E-state index in [4.69, 9.17) is 0 Å². The number of amides is 1. The summed E-state index contributed by atoms with van der Waals surface area (Å²) in [7, 11) is 0. The molecule has 1 aliphatic carbocycles. The van der Waals surface area contributed by atoms with Crippen LogP contribution < -0.4 is 0 Å². The summed E-state index contributed by atoms with van der Waals surface area (Å²) >= 11 is 1.72. The lowest BCUT2D eigenvalue weighted by Gasteiger charge is -2.17. The summed E-state index contributed by atoms with van der Waals surface area (Å²) in [4.78, 5) is 20.5. The monoisotopic (exact) mass is 282 g/mol. The lowest BCUT2D eigenvalue weighted by Crippen LogP contribution is -2.27. The van der Waals surface area contributed by atoms with Crippen LogP contribution >= 0.6 is 11.8 Å². The summed E-state index contributed by atoms with van der Waals surface area (Å²) < 4.78 is 0. The first-order valence-electron chi connectivity index (χ1n) is 6.49. The van der Waals surface area contributed by atoms with Crippen molar-refractivity contribution >= 4 is 29.2 Å². The van der Waals surface area contributed by atoms with E-state index >= 15 is 0 Å². The summed E-state index contributed by atoms with van der Waals surface area (Å²) in [6.07, 6.45) is 7.51. The van der Waals surface area contributed by atoms with E-state index in [0.29, 0.717) is 11.6 Å². The Bertz CT molecular complexity index is 629. The molecule has 0 bridgehead atoms. The standard InChI is InChI=1S/C16H14N2OS/c19-16-13-8-4-5-9-14(13)17-15(18-16)11-20-10-12-6-2-1-3-7-12/h1-9,13H,10-11H2. The fraction of sp³-hybridized carbons (Fsp3) is 0.188. The van der Waals surface area contributed by atoms with Crippen molar-refractivity contribution in [1.82, 2.24) is 0 Å². The van der Waals surface area contributed by atoms with Crippen molar-refractivity contribution in [3.05, 3.63) is 60.2 Å². The Morgan fingerprint density at radius 3 is 2.75 bits per heavy atom. The molecule has 1 aliphatic heterocycles. The van der Waals surface area contributed by atoms with Gasteiger partial charge in [0.05, 0.1) is 11.5 Å². The van der Waals surface area contributed by atoms with Crippen LogP contribution in [0, 0.1) is 5.92 Å². The third kappa shape index (κ3) is 2.96. The van der Waals surface area contributed by atoms with Crippen molar-refractivity contribution in [3.8, 4) is 0 Å². The molecule has 3 rings (SSSR count). The number of aliphatic imine (C=N–C) groups is 2. The number of fused-ring (bicyclic) bond motifs is 1. The maximum Gasteiger partial charge on any atom is 0.260 e. The third-order valence-electron chi connectivity index (χ3n) is 3.11. The predicted octanol–water partition coefficient (Wildman–Crippen LogP) is 3.04. The summed E-state index contributed by atoms with van der Waals surface area (Å²) in [5, 5.41) is 0. The number of hydrogen-bond acceptors (Lipinski definition) is 3. The number of nitrogens with zero attached hydrogens (tertiary/aromatic N) is 2. The summed E-state index contributed by atoms with van der Waals surface area (Å²) in [6, 6.07) is 10.3. The highest BCUT2D eigenvalue weighted by atomic mass is 32.2. The lowest BCUT2D eigenvalue weighted by molar-refractivity contribution is -0.118. The van der Waals surface area contributed by atoms with Crippen LogP contribution in [-0.4, -0.2) is 23.2 Å². The minimum Gasteiger partial charge on any atom is -0.271 e. The van der Waals surface area contributed by atoms with Crippen molar-refractivity contribution < 1.29 is 4.79 Å². The van der Waals surface area contributed by atoms with Crippen LogP contribution in [0.5, 0.6) is 0 Å². The maximum atomic E-state index is 11.9. The van der Waals surface area contributed by atoms with Crippen molar-refractivity contribution in [3.63, 3.8) is 0 Å². The summed E-state index contributed by atoms with van der Waals surface area (Å²) in [5.41, 5.74) is 2.08. The zero-order valence-corrected chi connectivity index (χ0v) is 11.7. The van der Waals surface area contributed by atoms with Crippen molar-refractivity contribution in [2.24, 2.45) is 15.9 Å². The molecule has 1 atom stereocenters. The first-order chi connectivity index (χ1) is 9.83. The molecule has 1 unspecified atom stereocenters. The molecule has 1 aromatic rings. The largest absolute Gasteiger partial charge is 0.271 e. The molecule has 0 fully saturated rings. The van der Waals surface area contributed by atoms with Gasteiger partial charge in [0, 0.05) is 5.75 Å². The Labute approximate surface area is 122 Å². The molecule has 0 aromatic heterocycles. The average Bonchev–Trinajstić information content (AvgIpc) is 2.48. The van der Waals surface area contributed by atoms with E-state index in [0.717, 1.165) is 11.5 Å². The quantitative estimate of drug-likeness (QED) is 0.851. The van der Waals surface area contributed by atoms with Gasteiger partial charge in [-0.15, -0.1) is 11.8 Å². The molecule has 4 heteroatoms. The zero-order valence-electron chi connectivity index (χ0n) is 10.9. The second-order valence-electron chi connectivity index (χ2n) is 4.60. The Morgan fingerprint density at radius 1 is 1.05 bits per heavy atom. The average molecular weight is 282 g/mol. The van der Waals surface area contributed by atoms with E-state index in [1.807, 2.05) is 42.5 Å². The number of rotatable bonds is 4. The van der Waals surface area contributed by atoms with E-state index < -0.39 is 0 Å². The molecule has 0 spiro atoms. The maximum absolute atomic E-state index is 11.9. The Balaban J connectivity index is 1.61. The van der Waals surface area contributed by atoms with Crippen molar-refractivity contribution in [2.45, 2.75) is 5.75 Å². The van der Waals surface area contributed by atoms with E-state index in [-0.39, 0.29) is 11.8 Å². The van der Waals surface area contributed by atoms with Crippen LogP contribution in [0.3, 0.4) is 0 Å². The minimum absolute atomic E-state index is 0.106. The number of amidine groups is 1. The molecule has 0 saturated heterocycles. The minimum atomic E-state index is -0.275. The molecule has 3 nitrogen and oxygen atoms in total. The normalized spacial score (nSPS) is 20.4. The first-order valence-corrected chi connectivity index (χ1v) is 7.65. The molecule has 0 N–H and O–H groups in total. The van der Waals surface area contributed by atoms with E-state index in [1.165, 1.54) is 5.56 Å². The van der Waals surface area contributed by atoms with Crippen molar-refractivity contribution in [2.75, 3.05) is 5.75 Å². The molecular formula is C16H14N2OS. The molecule has 0 radical (unpaired) electrons. The number of hydrogen-bond donors (Lipinski definition) is 0. The lowest BCUT2D eigenvalue weighted by atomic mass is 9.97. The first kappa shape index (κ1) is 13.1. The molecule has 2 aliphatic rings. The highest BCUT2D eigenvalue weighted by Crippen LogP contribution is 2.19. The van der Waals surface area contributed by atoms with Crippen LogP contribution in [-0.2, 0) is 10.5 Å². The van der Waals surface area contributed by atoms with E-state index in [9.17, 15) is 4.79 Å². The predicted molar refractivity (Wildman–Crippen MR) is 84.3 cm³/mol. The number of carbonyl (C=O) groups excluding carboxylic acids is 1. The van der Waals surface area contributed by atoms with E-state index in [1.54, 1.807) is 11.8 Å². The fourth-order valence-corrected chi connectivity index (χ4v) is 2.96. The number of carbonyl (C=O) groups is 1. The number of thioether (sulfide) groups is 1. The van der Waals surface area contributed by atoms with Gasteiger partial charge in [0.15, 0.2) is 0 Å². The van der Waals surface area contributed by atoms with Gasteiger partial charge in [-0.1, -0.05) is 48.6 Å². The molecule has 100 valence electrons. The summed E-state index contributed by atoms with van der Waals surface area (Å²) in [5.74, 6) is 1.81. The summed E-state index contributed by atoms with van der Waals surface area (Å²) in [6.45, 7) is 0. The molecule has 1 amide bonds. The third-order valence-corrected chi connectivity index (χ3v) is 4.11. The van der Waals surface area contributed by atoms with Gasteiger partial charge in [0.25, 0.3) is 5.91 Å². The molecular weight excluding hydrogens is 268 g/mol. The fourth-order valence-electron chi connectivity index (χ4n) is 2.12. The van der Waals surface area contributed by atoms with Crippen LogP contribution in [0.1, 0.15) is 5.56 Å². The highest BCUT2D eigenvalue weighted by molar-refractivity contribution is 7.99. The van der Waals surface area contributed by atoms with Gasteiger partial charge in [0.1, 0.15) is 11.8 Å². The molecule has 0 saturated carbocycles. The Hall–Kier alpha value is -1.94. The zero-order chi connectivity index (χ0) is 13.8. The second-order valence-corrected chi connectivity index (χ2v) is 5.59.